The number of carbonyl (C=O) groups is 1. The Kier molecular flexibility index (Phi) is 3.41. The number of nitrogens with zero attached hydrogens (tertiary/aromatic N) is 1. The summed E-state index contributed by atoms with van der Waals surface area (Å²) in [5.74, 6) is 0.0392. The number of carbonyl (C=O) groups excluding carboxylic acids is 1. The maximum absolute atomic E-state index is 11.1. The third-order valence-corrected chi connectivity index (χ3v) is 1.27. The number of hydrogen-bond acceptors (Lipinski definition) is 5. The van der Waals surface area contributed by atoms with Gasteiger partial charge in [-0.1, -0.05) is 5.16 Å². The van der Waals surface area contributed by atoms with E-state index in [9.17, 15) is 4.79 Å². The quantitative estimate of drug-likeness (QED) is 0.675. The van der Waals surface area contributed by atoms with Crippen molar-refractivity contribution in [3.63, 3.8) is 0 Å². The van der Waals surface area contributed by atoms with Crippen LogP contribution in [0.5, 0.6) is 0 Å². The van der Waals surface area contributed by atoms with E-state index in [4.69, 9.17) is 9.26 Å². The van der Waals surface area contributed by atoms with Crippen molar-refractivity contribution in [1.29, 1.82) is 0 Å². The first kappa shape index (κ1) is 9.69. The second-order valence-electron chi connectivity index (χ2n) is 2.25. The van der Waals surface area contributed by atoms with Crippen LogP contribution in [0.25, 0.3) is 0 Å². The van der Waals surface area contributed by atoms with Gasteiger partial charge in [0.1, 0.15) is 6.61 Å². The monoisotopic (exact) mass is 186 g/mol. The van der Waals surface area contributed by atoms with E-state index in [-0.39, 0.29) is 12.3 Å². The van der Waals surface area contributed by atoms with Crippen LogP contribution in [0.1, 0.15) is 16.2 Å². The summed E-state index contributed by atoms with van der Waals surface area (Å²) in [6.07, 6.45) is 0. The largest absolute Gasteiger partial charge is 0.377 e. The van der Waals surface area contributed by atoms with Crippen molar-refractivity contribution in [3.05, 3.63) is 17.5 Å². The molecule has 0 saturated carbocycles. The molecule has 0 spiro atoms. The Bertz CT molecular complexity index is 284. The lowest BCUT2D eigenvalue weighted by Crippen LogP contribution is -2.21. The SMILES string of the molecule is COCc1cc(C(=O)NOC)no1. The molecule has 0 aliphatic rings. The third kappa shape index (κ3) is 2.53. The lowest BCUT2D eigenvalue weighted by atomic mass is 10.3. The van der Waals surface area contributed by atoms with Crippen molar-refractivity contribution in [1.82, 2.24) is 10.6 Å². The first-order valence-corrected chi connectivity index (χ1v) is 3.55. The van der Waals surface area contributed by atoms with Gasteiger partial charge in [0.15, 0.2) is 11.5 Å². The van der Waals surface area contributed by atoms with E-state index in [1.54, 1.807) is 0 Å². The molecule has 0 atom stereocenters. The van der Waals surface area contributed by atoms with Gasteiger partial charge in [-0.3, -0.25) is 9.63 Å². The molecule has 0 fully saturated rings. The van der Waals surface area contributed by atoms with E-state index in [0.29, 0.717) is 5.76 Å². The average Bonchev–Trinajstić information content (AvgIpc) is 2.54. The zero-order chi connectivity index (χ0) is 9.68. The summed E-state index contributed by atoms with van der Waals surface area (Å²) in [6.45, 7) is 0.285. The van der Waals surface area contributed by atoms with E-state index >= 15 is 0 Å². The molecule has 0 bridgehead atoms. The van der Waals surface area contributed by atoms with Crippen LogP contribution in [0, 0.1) is 0 Å². The molecular weight excluding hydrogens is 176 g/mol. The fourth-order valence-electron chi connectivity index (χ4n) is 0.775. The van der Waals surface area contributed by atoms with Gasteiger partial charge in [0, 0.05) is 13.2 Å². The molecule has 6 nitrogen and oxygen atoms in total. The van der Waals surface area contributed by atoms with E-state index in [1.165, 1.54) is 20.3 Å². The Morgan fingerprint density at radius 2 is 2.46 bits per heavy atom. The highest BCUT2D eigenvalue weighted by atomic mass is 16.6. The Balaban J connectivity index is 2.62. The molecule has 0 aromatic carbocycles. The maximum Gasteiger partial charge on any atom is 0.296 e. The summed E-state index contributed by atoms with van der Waals surface area (Å²) < 4.78 is 9.57. The zero-order valence-corrected chi connectivity index (χ0v) is 7.36. The maximum atomic E-state index is 11.1. The van der Waals surface area contributed by atoms with Crippen molar-refractivity contribution in [2.75, 3.05) is 14.2 Å². The van der Waals surface area contributed by atoms with Gasteiger partial charge >= 0.3 is 0 Å². The highest BCUT2D eigenvalue weighted by Crippen LogP contribution is 2.04. The molecule has 1 N–H and O–H groups in total. The fourth-order valence-corrected chi connectivity index (χ4v) is 0.775. The molecule has 1 amide bonds. The minimum Gasteiger partial charge on any atom is -0.377 e. The predicted octanol–water partition coefficient (Wildman–Crippen LogP) is 0.112. The molecule has 0 radical (unpaired) electrons. The minimum atomic E-state index is -0.450. The third-order valence-electron chi connectivity index (χ3n) is 1.27. The number of rotatable bonds is 4. The second kappa shape index (κ2) is 4.58. The van der Waals surface area contributed by atoms with Gasteiger partial charge in [-0.15, -0.1) is 0 Å². The van der Waals surface area contributed by atoms with Gasteiger partial charge < -0.3 is 9.26 Å². The smallest absolute Gasteiger partial charge is 0.296 e. The molecule has 6 heteroatoms. The topological polar surface area (TPSA) is 73.6 Å². The van der Waals surface area contributed by atoms with Gasteiger partial charge in [0.25, 0.3) is 5.91 Å². The van der Waals surface area contributed by atoms with Crippen molar-refractivity contribution < 1.29 is 18.9 Å². The summed E-state index contributed by atoms with van der Waals surface area (Å²) in [4.78, 5) is 15.5. The summed E-state index contributed by atoms with van der Waals surface area (Å²) in [5.41, 5.74) is 2.28. The van der Waals surface area contributed by atoms with E-state index in [0.717, 1.165) is 0 Å². The van der Waals surface area contributed by atoms with Crippen LogP contribution >= 0.6 is 0 Å². The standard InChI is InChI=1S/C7H10N2O4/c1-11-4-5-3-6(8-13-5)7(10)9-12-2/h3H,4H2,1-2H3,(H,9,10). The number of methoxy groups -OCH3 is 1. The van der Waals surface area contributed by atoms with E-state index in [1.807, 2.05) is 0 Å². The molecule has 1 aromatic rings. The average molecular weight is 186 g/mol. The van der Waals surface area contributed by atoms with E-state index < -0.39 is 5.91 Å². The molecule has 0 unspecified atom stereocenters. The van der Waals surface area contributed by atoms with Crippen LogP contribution < -0.4 is 5.48 Å². The second-order valence-corrected chi connectivity index (χ2v) is 2.25. The Hall–Kier alpha value is -1.40. The summed E-state index contributed by atoms with van der Waals surface area (Å²) in [6, 6.07) is 1.48. The van der Waals surface area contributed by atoms with Gasteiger partial charge in [0.05, 0.1) is 7.11 Å². The molecule has 0 aliphatic carbocycles. The van der Waals surface area contributed by atoms with Crippen LogP contribution in [0.3, 0.4) is 0 Å². The molecular formula is C7H10N2O4. The molecule has 0 aliphatic heterocycles. The molecule has 13 heavy (non-hydrogen) atoms. The number of hydrogen-bond donors (Lipinski definition) is 1. The van der Waals surface area contributed by atoms with Crippen LogP contribution in [0.2, 0.25) is 0 Å². The number of aromatic nitrogens is 1. The molecule has 1 aromatic heterocycles. The van der Waals surface area contributed by atoms with Gasteiger partial charge in [-0.2, -0.15) is 0 Å². The fraction of sp³-hybridized carbons (Fsp3) is 0.429. The number of amides is 1. The molecule has 0 saturated heterocycles. The van der Waals surface area contributed by atoms with E-state index in [2.05, 4.69) is 15.5 Å². The molecule has 1 rings (SSSR count). The highest BCUT2D eigenvalue weighted by molar-refractivity contribution is 5.91. The normalized spacial score (nSPS) is 10.0. The highest BCUT2D eigenvalue weighted by Gasteiger charge is 2.11. The van der Waals surface area contributed by atoms with Crippen LogP contribution in [0.4, 0.5) is 0 Å². The van der Waals surface area contributed by atoms with Crippen LogP contribution in [0.15, 0.2) is 10.6 Å². The first-order valence-electron chi connectivity index (χ1n) is 3.55. The lowest BCUT2D eigenvalue weighted by molar-refractivity contribution is 0.0528. The number of nitrogens with one attached hydrogen (secondary N) is 1. The summed E-state index contributed by atoms with van der Waals surface area (Å²) >= 11 is 0. The van der Waals surface area contributed by atoms with Crippen molar-refractivity contribution in [2.24, 2.45) is 0 Å². The molecule has 1 heterocycles. The van der Waals surface area contributed by atoms with Crippen LogP contribution in [-0.2, 0) is 16.2 Å². The lowest BCUT2D eigenvalue weighted by Gasteiger charge is -1.94. The Morgan fingerprint density at radius 3 is 3.08 bits per heavy atom. The minimum absolute atomic E-state index is 0.161. The van der Waals surface area contributed by atoms with Gasteiger partial charge in [-0.05, 0) is 0 Å². The Labute approximate surface area is 74.7 Å². The first-order chi connectivity index (χ1) is 6.27. The van der Waals surface area contributed by atoms with Crippen molar-refractivity contribution in [3.8, 4) is 0 Å². The van der Waals surface area contributed by atoms with Gasteiger partial charge in [-0.25, -0.2) is 5.48 Å². The number of ether oxygens (including phenoxy) is 1. The van der Waals surface area contributed by atoms with Crippen LogP contribution in [-0.4, -0.2) is 25.3 Å². The summed E-state index contributed by atoms with van der Waals surface area (Å²) in [5, 5.41) is 3.51. The summed E-state index contributed by atoms with van der Waals surface area (Å²) in [7, 11) is 2.87. The van der Waals surface area contributed by atoms with Crippen molar-refractivity contribution in [2.45, 2.75) is 6.61 Å². The van der Waals surface area contributed by atoms with Crippen molar-refractivity contribution >= 4 is 5.91 Å². The number of hydroxylamine groups is 1. The molecule has 72 valence electrons. The zero-order valence-electron chi connectivity index (χ0n) is 7.36. The predicted molar refractivity (Wildman–Crippen MR) is 41.7 cm³/mol. The Morgan fingerprint density at radius 1 is 1.69 bits per heavy atom. The van der Waals surface area contributed by atoms with Gasteiger partial charge in [0.2, 0.25) is 0 Å².